The van der Waals surface area contributed by atoms with Crippen molar-refractivity contribution in [2.24, 2.45) is 11.8 Å². The lowest BCUT2D eigenvalue weighted by atomic mass is 9.99. The molecular formula is C21H25F6N3O6. The van der Waals surface area contributed by atoms with Gasteiger partial charge in [0.25, 0.3) is 0 Å². The van der Waals surface area contributed by atoms with E-state index < -0.39 is 24.3 Å². The van der Waals surface area contributed by atoms with Gasteiger partial charge in [0, 0.05) is 38.6 Å². The number of ether oxygens (including phenoxy) is 1. The second-order valence-electron chi connectivity index (χ2n) is 8.49. The second kappa shape index (κ2) is 12.3. The fourth-order valence-corrected chi connectivity index (χ4v) is 3.59. The van der Waals surface area contributed by atoms with Crippen LogP contribution < -0.4 is 5.32 Å². The predicted octanol–water partition coefficient (Wildman–Crippen LogP) is 2.46. The molecule has 3 fully saturated rings. The number of nitrogens with zero attached hydrogens (tertiary/aromatic N) is 2. The number of hydrogen-bond acceptors (Lipinski definition) is 6. The molecule has 9 nitrogen and oxygen atoms in total. The van der Waals surface area contributed by atoms with Crippen LogP contribution in [0.15, 0.2) is 24.5 Å². The minimum Gasteiger partial charge on any atom is -0.475 e. The number of halogens is 6. The average molecular weight is 529 g/mol. The molecular weight excluding hydrogens is 504 g/mol. The molecule has 3 heterocycles. The van der Waals surface area contributed by atoms with Crippen molar-refractivity contribution in [3.8, 4) is 0 Å². The molecule has 202 valence electrons. The van der Waals surface area contributed by atoms with E-state index in [2.05, 4.69) is 21.3 Å². The molecule has 2 aliphatic heterocycles. The number of carbonyl (C=O) groups excluding carboxylic acids is 1. The van der Waals surface area contributed by atoms with Crippen LogP contribution in [0.3, 0.4) is 0 Å². The van der Waals surface area contributed by atoms with E-state index in [1.54, 1.807) is 6.20 Å². The van der Waals surface area contributed by atoms with Crippen LogP contribution in [0.25, 0.3) is 0 Å². The molecule has 0 radical (unpaired) electrons. The van der Waals surface area contributed by atoms with Gasteiger partial charge in [-0.25, -0.2) is 9.59 Å². The second-order valence-corrected chi connectivity index (χ2v) is 8.49. The van der Waals surface area contributed by atoms with Gasteiger partial charge >= 0.3 is 24.3 Å². The highest BCUT2D eigenvalue weighted by atomic mass is 19.4. The molecule has 3 aliphatic rings. The molecule has 15 heteroatoms. The first-order valence-electron chi connectivity index (χ1n) is 10.8. The van der Waals surface area contributed by atoms with Gasteiger partial charge in [-0.3, -0.25) is 14.7 Å². The summed E-state index contributed by atoms with van der Waals surface area (Å²) in [6.45, 7) is 3.50. The number of aliphatic carboxylic acids is 2. The smallest absolute Gasteiger partial charge is 0.475 e. The molecule has 4 rings (SSSR count). The zero-order valence-electron chi connectivity index (χ0n) is 18.8. The number of carbonyl (C=O) groups is 3. The summed E-state index contributed by atoms with van der Waals surface area (Å²) in [4.78, 5) is 36.7. The summed E-state index contributed by atoms with van der Waals surface area (Å²) in [5, 5.41) is 17.4. The van der Waals surface area contributed by atoms with E-state index in [0.29, 0.717) is 0 Å². The van der Waals surface area contributed by atoms with Crippen LogP contribution in [0.1, 0.15) is 24.8 Å². The number of pyridine rings is 1. The number of rotatable bonds is 5. The van der Waals surface area contributed by atoms with E-state index in [0.717, 1.165) is 38.5 Å². The lowest BCUT2D eigenvalue weighted by molar-refractivity contribution is -0.193. The Morgan fingerprint density at radius 2 is 1.64 bits per heavy atom. The van der Waals surface area contributed by atoms with Crippen molar-refractivity contribution in [3.63, 3.8) is 0 Å². The van der Waals surface area contributed by atoms with Gasteiger partial charge in [-0.05, 0) is 36.8 Å². The van der Waals surface area contributed by atoms with Gasteiger partial charge < -0.3 is 20.3 Å². The minimum absolute atomic E-state index is 0.0302. The van der Waals surface area contributed by atoms with Crippen molar-refractivity contribution in [3.05, 3.63) is 30.1 Å². The normalized spacial score (nSPS) is 23.4. The molecule has 3 N–H and O–H groups in total. The van der Waals surface area contributed by atoms with E-state index in [4.69, 9.17) is 24.5 Å². The number of carboxylic acid groups (broad SMARTS) is 2. The van der Waals surface area contributed by atoms with Gasteiger partial charge in [0.15, 0.2) is 0 Å². The first-order chi connectivity index (χ1) is 16.7. The molecule has 1 aliphatic carbocycles. The van der Waals surface area contributed by atoms with E-state index in [-0.39, 0.29) is 24.0 Å². The standard InChI is InChI=1S/C17H23N3O2.2C2HF3O2/c21-17(19-8-12-3-4-12)15-6-14-10-20(11-16(15)22-14)9-13-2-1-5-18-7-13;2*3-2(4,5)1(6)7/h1-2,5,7,12,14-16H,3-4,6,8-11H2,(H,19,21);2*(H,6,7). The van der Waals surface area contributed by atoms with Crippen molar-refractivity contribution in [2.45, 2.75) is 50.4 Å². The van der Waals surface area contributed by atoms with Crippen LogP contribution in [0.4, 0.5) is 26.3 Å². The largest absolute Gasteiger partial charge is 0.490 e. The first-order valence-corrected chi connectivity index (χ1v) is 10.8. The third-order valence-corrected chi connectivity index (χ3v) is 5.45. The molecule has 0 aromatic carbocycles. The highest BCUT2D eigenvalue weighted by molar-refractivity contribution is 5.79. The van der Waals surface area contributed by atoms with Crippen molar-refractivity contribution >= 4 is 17.8 Å². The third kappa shape index (κ3) is 9.97. The number of alkyl halides is 6. The predicted molar refractivity (Wildman–Crippen MR) is 109 cm³/mol. The Morgan fingerprint density at radius 3 is 2.11 bits per heavy atom. The maximum Gasteiger partial charge on any atom is 0.490 e. The van der Waals surface area contributed by atoms with Crippen molar-refractivity contribution in [1.29, 1.82) is 0 Å². The fraction of sp³-hybridized carbons (Fsp3) is 0.619. The maximum absolute atomic E-state index is 12.4. The fourth-order valence-electron chi connectivity index (χ4n) is 3.59. The Labute approximate surface area is 201 Å². The summed E-state index contributed by atoms with van der Waals surface area (Å²) >= 11 is 0. The van der Waals surface area contributed by atoms with Gasteiger partial charge in [-0.1, -0.05) is 6.07 Å². The molecule has 1 saturated carbocycles. The average Bonchev–Trinajstić information content (AvgIpc) is 3.55. The quantitative estimate of drug-likeness (QED) is 0.497. The molecule has 1 amide bonds. The summed E-state index contributed by atoms with van der Waals surface area (Å²) < 4.78 is 69.5. The highest BCUT2D eigenvalue weighted by Gasteiger charge is 2.44. The lowest BCUT2D eigenvalue weighted by Gasteiger charge is -2.32. The molecule has 3 atom stereocenters. The zero-order chi connectivity index (χ0) is 27.1. The summed E-state index contributed by atoms with van der Waals surface area (Å²) in [5.74, 6) is -4.56. The molecule has 1 aromatic heterocycles. The number of likely N-dealkylation sites (tertiary alicyclic amines) is 1. The van der Waals surface area contributed by atoms with Crippen LogP contribution >= 0.6 is 0 Å². The van der Waals surface area contributed by atoms with Crippen molar-refractivity contribution in [2.75, 3.05) is 19.6 Å². The lowest BCUT2D eigenvalue weighted by Crippen LogP contribution is -2.45. The van der Waals surface area contributed by atoms with E-state index in [1.165, 1.54) is 18.4 Å². The number of nitrogens with one attached hydrogen (secondary N) is 1. The van der Waals surface area contributed by atoms with E-state index >= 15 is 0 Å². The molecule has 36 heavy (non-hydrogen) atoms. The highest BCUT2D eigenvalue weighted by Crippen LogP contribution is 2.33. The van der Waals surface area contributed by atoms with E-state index in [1.807, 2.05) is 12.3 Å². The van der Waals surface area contributed by atoms with Crippen LogP contribution in [0, 0.1) is 11.8 Å². The summed E-state index contributed by atoms with van der Waals surface area (Å²) in [6, 6.07) is 4.07. The molecule has 0 spiro atoms. The monoisotopic (exact) mass is 529 g/mol. The number of aromatic nitrogens is 1. The van der Waals surface area contributed by atoms with Gasteiger partial charge in [0.05, 0.1) is 18.1 Å². The molecule has 1 aromatic rings. The van der Waals surface area contributed by atoms with Crippen LogP contribution in [-0.2, 0) is 25.7 Å². The molecule has 2 bridgehead atoms. The summed E-state index contributed by atoms with van der Waals surface area (Å²) in [7, 11) is 0. The SMILES string of the molecule is O=C(NCC1CC1)C1CC2CN(Cc3cccnc3)CC1O2.O=C(O)C(F)(F)F.O=C(O)C(F)(F)F. The number of morpholine rings is 1. The van der Waals surface area contributed by atoms with Crippen molar-refractivity contribution in [1.82, 2.24) is 15.2 Å². The van der Waals surface area contributed by atoms with Gasteiger partial charge in [-0.2, -0.15) is 26.3 Å². The topological polar surface area (TPSA) is 129 Å². The zero-order valence-corrected chi connectivity index (χ0v) is 18.8. The Balaban J connectivity index is 0.000000271. The third-order valence-electron chi connectivity index (χ3n) is 5.45. The Morgan fingerprint density at radius 1 is 1.06 bits per heavy atom. The van der Waals surface area contributed by atoms with Crippen LogP contribution in [0.5, 0.6) is 0 Å². The van der Waals surface area contributed by atoms with Gasteiger partial charge in [0.2, 0.25) is 5.91 Å². The van der Waals surface area contributed by atoms with E-state index in [9.17, 15) is 31.1 Å². The summed E-state index contributed by atoms with van der Waals surface area (Å²) in [5.41, 5.74) is 1.22. The Kier molecular flexibility index (Phi) is 10.0. The Bertz CT molecular complexity index is 870. The minimum atomic E-state index is -5.08. The maximum atomic E-state index is 12.4. The van der Waals surface area contributed by atoms with Crippen LogP contribution in [0.2, 0.25) is 0 Å². The van der Waals surface area contributed by atoms with Crippen LogP contribution in [-0.4, -0.2) is 82.1 Å². The number of carboxylic acids is 2. The Hall–Kier alpha value is -2.94. The number of fused-ring (bicyclic) bond motifs is 2. The van der Waals surface area contributed by atoms with Gasteiger partial charge in [0.1, 0.15) is 0 Å². The first kappa shape index (κ1) is 29.3. The van der Waals surface area contributed by atoms with Gasteiger partial charge in [-0.15, -0.1) is 0 Å². The number of amides is 1. The summed E-state index contributed by atoms with van der Waals surface area (Å²) in [6.07, 6.45) is -2.80. The molecule has 3 unspecified atom stereocenters. The number of hydrogen-bond donors (Lipinski definition) is 3. The molecule has 2 saturated heterocycles. The van der Waals surface area contributed by atoms with Crippen molar-refractivity contribution < 1.29 is 55.7 Å².